The molecule has 0 spiro atoms. The minimum Gasteiger partial charge on any atom is -0.444 e. The second-order valence-corrected chi connectivity index (χ2v) is 11.8. The molecule has 0 radical (unpaired) electrons. The summed E-state index contributed by atoms with van der Waals surface area (Å²) in [6.07, 6.45) is 9.35. The molecule has 39 heavy (non-hydrogen) atoms. The van der Waals surface area contributed by atoms with Gasteiger partial charge in [0.05, 0.1) is 0 Å². The number of aryl methyl sites for hydroxylation is 2. The molecule has 2 N–H and O–H groups in total. The summed E-state index contributed by atoms with van der Waals surface area (Å²) in [5, 5.41) is 6.23. The Balaban J connectivity index is 1.53. The third-order valence-electron chi connectivity index (χ3n) is 7.71. The highest BCUT2D eigenvalue weighted by molar-refractivity contribution is 5.97. The molecule has 1 saturated carbocycles. The highest BCUT2D eigenvalue weighted by Crippen LogP contribution is 2.32. The van der Waals surface area contributed by atoms with E-state index in [1.54, 1.807) is 0 Å². The maximum absolute atomic E-state index is 13.5. The van der Waals surface area contributed by atoms with E-state index >= 15 is 0 Å². The lowest BCUT2D eigenvalue weighted by Gasteiger charge is -2.39. The number of fused-ring (bicyclic) bond motifs is 2. The third-order valence-corrected chi connectivity index (χ3v) is 7.71. The molecule has 1 fully saturated rings. The number of hydrogen-bond donors (Lipinski definition) is 2. The lowest BCUT2D eigenvalue weighted by atomic mass is 9.89. The molecule has 2 amide bonds. The van der Waals surface area contributed by atoms with Gasteiger partial charge < -0.3 is 20.3 Å². The van der Waals surface area contributed by atoms with Crippen LogP contribution in [0.15, 0.2) is 36.4 Å². The van der Waals surface area contributed by atoms with Gasteiger partial charge in [-0.3, -0.25) is 9.78 Å². The standard InChI is InChI=1S/C32H44N4O3/c1-7-36(25-17-15-24(16-18-25)35-31(38)39-32(4,5)6)29-14-10-13-27-26(29)12-9-8-11-23-19-21(2)34-22(3)28(23)20-33-30(27)37/h8-10,13-14,19,24-25H,7,11-12,15-18,20H2,1-6H3,(H,33,37)(H,35,38)/b9-8-/t24-,25-. The largest absolute Gasteiger partial charge is 0.444 e. The molecule has 2 aliphatic rings. The lowest BCUT2D eigenvalue weighted by molar-refractivity contribution is 0.0491. The number of nitrogens with zero attached hydrogens (tertiary/aromatic N) is 2. The topological polar surface area (TPSA) is 83.6 Å². The van der Waals surface area contributed by atoms with E-state index in [0.29, 0.717) is 19.0 Å². The molecule has 0 saturated heterocycles. The van der Waals surface area contributed by atoms with E-state index in [1.165, 1.54) is 5.56 Å². The lowest BCUT2D eigenvalue weighted by Crippen LogP contribution is -2.45. The molecule has 1 aromatic carbocycles. The van der Waals surface area contributed by atoms with Crippen LogP contribution in [0.5, 0.6) is 0 Å². The van der Waals surface area contributed by atoms with E-state index < -0.39 is 5.60 Å². The Morgan fingerprint density at radius 1 is 1.10 bits per heavy atom. The number of anilines is 1. The van der Waals surface area contributed by atoms with Gasteiger partial charge in [0, 0.05) is 47.8 Å². The van der Waals surface area contributed by atoms with E-state index in [1.807, 2.05) is 46.8 Å². The number of alkyl carbamates (subject to hydrolysis) is 1. The first-order valence-corrected chi connectivity index (χ1v) is 14.3. The van der Waals surface area contributed by atoms with Crippen LogP contribution >= 0.6 is 0 Å². The van der Waals surface area contributed by atoms with Crippen LogP contribution < -0.4 is 15.5 Å². The van der Waals surface area contributed by atoms with Crippen molar-refractivity contribution in [2.45, 2.75) is 104 Å². The number of carbonyl (C=O) groups excluding carboxylic acids is 2. The number of aromatic nitrogens is 1. The van der Waals surface area contributed by atoms with Crippen LogP contribution in [0.25, 0.3) is 0 Å². The Bertz CT molecular complexity index is 1220. The number of benzene rings is 1. The second-order valence-electron chi connectivity index (χ2n) is 11.8. The Kier molecular flexibility index (Phi) is 8.98. The van der Waals surface area contributed by atoms with Crippen molar-refractivity contribution in [1.82, 2.24) is 15.6 Å². The number of nitrogens with one attached hydrogen (secondary N) is 2. The van der Waals surface area contributed by atoms with Gasteiger partial charge in [-0.1, -0.05) is 18.2 Å². The highest BCUT2D eigenvalue weighted by atomic mass is 16.6. The minimum atomic E-state index is -0.501. The SMILES string of the molecule is CCN(c1cccc2c1C/C=C\Cc1cc(C)nc(C)c1CNC2=O)[C@H]1CC[C@H](NC(=O)OC(C)(C)C)CC1. The van der Waals surface area contributed by atoms with Gasteiger partial charge in [0.2, 0.25) is 0 Å². The van der Waals surface area contributed by atoms with Crippen LogP contribution in [-0.2, 0) is 24.1 Å². The van der Waals surface area contributed by atoms with Crippen LogP contribution in [0.3, 0.4) is 0 Å². The van der Waals surface area contributed by atoms with Crippen molar-refractivity contribution in [3.63, 3.8) is 0 Å². The fourth-order valence-corrected chi connectivity index (χ4v) is 5.94. The van der Waals surface area contributed by atoms with Gasteiger partial charge in [-0.15, -0.1) is 0 Å². The summed E-state index contributed by atoms with van der Waals surface area (Å²) >= 11 is 0. The van der Waals surface area contributed by atoms with Crippen LogP contribution in [0.2, 0.25) is 0 Å². The molecule has 0 unspecified atom stereocenters. The summed E-state index contributed by atoms with van der Waals surface area (Å²) in [4.78, 5) is 32.8. The van der Waals surface area contributed by atoms with Crippen molar-refractivity contribution < 1.29 is 14.3 Å². The molecule has 7 heteroatoms. The van der Waals surface area contributed by atoms with Crippen molar-refractivity contribution in [3.05, 3.63) is 70.1 Å². The van der Waals surface area contributed by atoms with Gasteiger partial charge >= 0.3 is 6.09 Å². The third kappa shape index (κ3) is 7.20. The van der Waals surface area contributed by atoms with Gasteiger partial charge in [-0.05, 0) is 115 Å². The zero-order valence-corrected chi connectivity index (χ0v) is 24.4. The number of carbonyl (C=O) groups is 2. The van der Waals surface area contributed by atoms with Crippen molar-refractivity contribution in [1.29, 1.82) is 0 Å². The van der Waals surface area contributed by atoms with Crippen molar-refractivity contribution in [2.75, 3.05) is 11.4 Å². The van der Waals surface area contributed by atoms with Crippen molar-refractivity contribution in [3.8, 4) is 0 Å². The first-order chi connectivity index (χ1) is 18.6. The van der Waals surface area contributed by atoms with Gasteiger partial charge in [0.1, 0.15) is 5.60 Å². The number of ether oxygens (including phenoxy) is 1. The molecule has 0 bridgehead atoms. The summed E-state index contributed by atoms with van der Waals surface area (Å²) < 4.78 is 5.45. The zero-order chi connectivity index (χ0) is 28.2. The second kappa shape index (κ2) is 12.2. The summed E-state index contributed by atoms with van der Waals surface area (Å²) in [6, 6.07) is 8.70. The van der Waals surface area contributed by atoms with Crippen molar-refractivity contribution >= 4 is 17.7 Å². The molecule has 2 aromatic rings. The molecule has 1 aliphatic heterocycles. The minimum absolute atomic E-state index is 0.0469. The Labute approximate surface area is 233 Å². The molecule has 1 aromatic heterocycles. The summed E-state index contributed by atoms with van der Waals surface area (Å²) in [5.74, 6) is -0.0469. The Morgan fingerprint density at radius 3 is 2.51 bits per heavy atom. The number of pyridine rings is 1. The van der Waals surface area contributed by atoms with E-state index in [-0.39, 0.29) is 18.0 Å². The quantitative estimate of drug-likeness (QED) is 0.476. The Hall–Kier alpha value is -3.35. The number of hydrogen-bond acceptors (Lipinski definition) is 5. The monoisotopic (exact) mass is 532 g/mol. The molecule has 210 valence electrons. The molecular formula is C32H44N4O3. The molecule has 2 heterocycles. The van der Waals surface area contributed by atoms with Crippen LogP contribution in [0.4, 0.5) is 10.5 Å². The average Bonchev–Trinajstić information content (AvgIpc) is 2.89. The van der Waals surface area contributed by atoms with Crippen LogP contribution in [0.1, 0.15) is 91.8 Å². The summed E-state index contributed by atoms with van der Waals surface area (Å²) in [6.45, 7) is 13.2. The predicted octanol–water partition coefficient (Wildman–Crippen LogP) is 5.95. The first-order valence-electron chi connectivity index (χ1n) is 14.3. The molecule has 0 atom stereocenters. The maximum atomic E-state index is 13.5. The Morgan fingerprint density at radius 2 is 1.82 bits per heavy atom. The molecular weight excluding hydrogens is 488 g/mol. The van der Waals surface area contributed by atoms with Crippen LogP contribution in [0, 0.1) is 13.8 Å². The summed E-state index contributed by atoms with van der Waals surface area (Å²) in [5.41, 5.74) is 6.72. The number of allylic oxidation sites excluding steroid dienone is 2. The normalized spacial score (nSPS) is 20.5. The average molecular weight is 533 g/mol. The van der Waals surface area contributed by atoms with Crippen LogP contribution in [-0.4, -0.2) is 41.2 Å². The zero-order valence-electron chi connectivity index (χ0n) is 24.4. The predicted molar refractivity (Wildman–Crippen MR) is 156 cm³/mol. The first kappa shape index (κ1) is 28.7. The maximum Gasteiger partial charge on any atom is 0.407 e. The molecule has 4 rings (SSSR count). The fraction of sp³-hybridized carbons (Fsp3) is 0.531. The van der Waals surface area contributed by atoms with E-state index in [9.17, 15) is 9.59 Å². The van der Waals surface area contributed by atoms with Gasteiger partial charge in [-0.25, -0.2) is 4.79 Å². The smallest absolute Gasteiger partial charge is 0.407 e. The van der Waals surface area contributed by atoms with Gasteiger partial charge in [0.25, 0.3) is 5.91 Å². The fourth-order valence-electron chi connectivity index (χ4n) is 5.94. The molecule has 7 nitrogen and oxygen atoms in total. The summed E-state index contributed by atoms with van der Waals surface area (Å²) in [7, 11) is 0. The number of rotatable bonds is 4. The number of amides is 2. The van der Waals surface area contributed by atoms with Gasteiger partial charge in [-0.2, -0.15) is 0 Å². The van der Waals surface area contributed by atoms with Crippen molar-refractivity contribution in [2.24, 2.45) is 0 Å². The van der Waals surface area contributed by atoms with E-state index in [0.717, 1.165) is 72.4 Å². The van der Waals surface area contributed by atoms with E-state index in [4.69, 9.17) is 4.74 Å². The van der Waals surface area contributed by atoms with E-state index in [2.05, 4.69) is 51.7 Å². The van der Waals surface area contributed by atoms with Gasteiger partial charge in [0.15, 0.2) is 0 Å². The highest BCUT2D eigenvalue weighted by Gasteiger charge is 2.29. The molecule has 1 aliphatic carbocycles.